The van der Waals surface area contributed by atoms with Gasteiger partial charge in [-0.1, -0.05) is 13.8 Å². The van der Waals surface area contributed by atoms with Crippen LogP contribution < -0.4 is 16.0 Å². The average molecular weight is 482 g/mol. The number of hydrogen-bond acceptors (Lipinski definition) is 6. The molecule has 33 heavy (non-hydrogen) atoms. The number of hydrogen-bond donors (Lipinski definition) is 3. The maximum atomic E-state index is 13.0. The van der Waals surface area contributed by atoms with Crippen LogP contribution >= 0.6 is 0 Å². The fourth-order valence-corrected chi connectivity index (χ4v) is 6.85. The average Bonchev–Trinajstić information content (AvgIpc) is 3.20. The van der Waals surface area contributed by atoms with Gasteiger partial charge in [-0.25, -0.2) is 22.9 Å². The van der Waals surface area contributed by atoms with Crippen molar-refractivity contribution in [1.82, 2.24) is 23.8 Å². The Morgan fingerprint density at radius 3 is 2.18 bits per heavy atom. The highest BCUT2D eigenvalue weighted by atomic mass is 32.2. The molecule has 3 N–H and O–H groups in total. The fraction of sp³-hybridized carbons (Fsp3) is 0.714. The van der Waals surface area contributed by atoms with Crippen molar-refractivity contribution in [3.05, 3.63) is 26.7 Å². The van der Waals surface area contributed by atoms with Gasteiger partial charge in [0.1, 0.15) is 11.3 Å². The highest BCUT2D eigenvalue weighted by molar-refractivity contribution is 7.90. The number of H-pyrrole nitrogens is 1. The molecule has 2 aromatic rings. The van der Waals surface area contributed by atoms with Gasteiger partial charge in [-0.3, -0.25) is 18.7 Å². The SMILES string of the molecule is CCCn1c(=O)c2[nH]c(C34CCC(NS(=O)(=O)CC(=O)O)(CC3)CC4)nc2n(CCC)c1=O. The van der Waals surface area contributed by atoms with Gasteiger partial charge in [0.05, 0.1) is 0 Å². The minimum atomic E-state index is -3.92. The summed E-state index contributed by atoms with van der Waals surface area (Å²) in [6.07, 6.45) is 5.04. The third-order valence-electron chi connectivity index (χ3n) is 7.19. The molecule has 182 valence electrons. The van der Waals surface area contributed by atoms with Crippen molar-refractivity contribution in [1.29, 1.82) is 0 Å². The van der Waals surface area contributed by atoms with Crippen molar-refractivity contribution in [2.24, 2.45) is 0 Å². The molecule has 0 spiro atoms. The minimum Gasteiger partial charge on any atom is -0.480 e. The summed E-state index contributed by atoms with van der Waals surface area (Å²) in [4.78, 5) is 44.9. The molecule has 0 aliphatic heterocycles. The van der Waals surface area contributed by atoms with Crippen molar-refractivity contribution in [2.75, 3.05) is 5.75 Å². The maximum Gasteiger partial charge on any atom is 0.332 e. The van der Waals surface area contributed by atoms with Crippen LogP contribution in [0.25, 0.3) is 11.2 Å². The number of rotatable bonds is 9. The number of carbonyl (C=O) groups is 1. The van der Waals surface area contributed by atoms with E-state index >= 15 is 0 Å². The standard InChI is InChI=1S/C21H31N5O6S/c1-3-11-25-16-15(17(29)26(12-4-2)19(25)30)22-18(23-16)20-5-8-21(9-6-20,10-7-20)24-33(31,32)13-14(27)28/h24H,3-13H2,1-2H3,(H,22,23)(H,27,28). The lowest BCUT2D eigenvalue weighted by Crippen LogP contribution is -2.58. The van der Waals surface area contributed by atoms with Crippen LogP contribution in [-0.4, -0.2) is 49.9 Å². The molecule has 11 nitrogen and oxygen atoms in total. The number of aromatic nitrogens is 4. The molecule has 0 aromatic carbocycles. The second-order valence-corrected chi connectivity index (χ2v) is 11.2. The summed E-state index contributed by atoms with van der Waals surface area (Å²) in [7, 11) is -3.92. The Morgan fingerprint density at radius 1 is 1.06 bits per heavy atom. The van der Waals surface area contributed by atoms with Crippen LogP contribution in [0.1, 0.15) is 71.0 Å². The third kappa shape index (κ3) is 4.14. The number of aliphatic carboxylic acids is 1. The molecule has 3 aliphatic rings. The van der Waals surface area contributed by atoms with E-state index < -0.39 is 27.3 Å². The van der Waals surface area contributed by atoms with Gasteiger partial charge < -0.3 is 10.1 Å². The highest BCUT2D eigenvalue weighted by Gasteiger charge is 2.52. The van der Waals surface area contributed by atoms with Crippen LogP contribution in [0, 0.1) is 0 Å². The number of carboxylic acids is 1. The summed E-state index contributed by atoms with van der Waals surface area (Å²) in [6, 6.07) is 0. The molecule has 3 fully saturated rings. The Kier molecular flexibility index (Phi) is 6.02. The predicted octanol–water partition coefficient (Wildman–Crippen LogP) is 1.05. The van der Waals surface area contributed by atoms with Crippen LogP contribution in [0.3, 0.4) is 0 Å². The van der Waals surface area contributed by atoms with Gasteiger partial charge in [-0.2, -0.15) is 0 Å². The number of carboxylic acid groups (broad SMARTS) is 1. The van der Waals surface area contributed by atoms with Gasteiger partial charge in [-0.05, 0) is 51.4 Å². The molecule has 2 heterocycles. The van der Waals surface area contributed by atoms with Crippen LogP contribution in [0.15, 0.2) is 9.59 Å². The number of nitrogens with zero attached hydrogens (tertiary/aromatic N) is 3. The summed E-state index contributed by atoms with van der Waals surface area (Å²) in [5.41, 5.74) is -0.944. The fourth-order valence-electron chi connectivity index (χ4n) is 5.49. The van der Waals surface area contributed by atoms with Gasteiger partial charge in [0, 0.05) is 24.0 Å². The molecule has 0 amide bonds. The van der Waals surface area contributed by atoms with Crippen molar-refractivity contribution in [3.63, 3.8) is 0 Å². The number of nitrogens with one attached hydrogen (secondary N) is 2. The highest BCUT2D eigenvalue weighted by Crippen LogP contribution is 2.53. The lowest BCUT2D eigenvalue weighted by Gasteiger charge is -2.52. The predicted molar refractivity (Wildman–Crippen MR) is 122 cm³/mol. The van der Waals surface area contributed by atoms with Crippen molar-refractivity contribution in [2.45, 2.75) is 89.3 Å². The first-order chi connectivity index (χ1) is 15.6. The van der Waals surface area contributed by atoms with Crippen LogP contribution in [0.2, 0.25) is 0 Å². The van der Waals surface area contributed by atoms with Gasteiger partial charge >= 0.3 is 11.7 Å². The topological polar surface area (TPSA) is 156 Å². The van der Waals surface area contributed by atoms with Crippen LogP contribution in [-0.2, 0) is 33.3 Å². The third-order valence-corrected chi connectivity index (χ3v) is 8.56. The first-order valence-corrected chi connectivity index (χ1v) is 13.2. The first-order valence-electron chi connectivity index (χ1n) is 11.5. The zero-order valence-electron chi connectivity index (χ0n) is 19.0. The van der Waals surface area contributed by atoms with Gasteiger partial charge in [0.2, 0.25) is 10.0 Å². The van der Waals surface area contributed by atoms with Crippen LogP contribution in [0.4, 0.5) is 0 Å². The van der Waals surface area contributed by atoms with Crippen molar-refractivity contribution in [3.8, 4) is 0 Å². The number of aromatic amines is 1. The van der Waals surface area contributed by atoms with E-state index in [1.807, 2.05) is 13.8 Å². The molecule has 0 saturated heterocycles. The molecular weight excluding hydrogens is 450 g/mol. The molecule has 0 atom stereocenters. The second kappa shape index (κ2) is 8.39. The van der Waals surface area contributed by atoms with Crippen LogP contribution in [0.5, 0.6) is 0 Å². The smallest absolute Gasteiger partial charge is 0.332 e. The Balaban J connectivity index is 1.68. The number of sulfonamides is 1. The lowest BCUT2D eigenvalue weighted by atomic mass is 9.57. The normalized spacial score (nSPS) is 25.0. The second-order valence-electron chi connectivity index (χ2n) is 9.49. The Morgan fingerprint density at radius 2 is 1.64 bits per heavy atom. The quantitative estimate of drug-likeness (QED) is 0.483. The van der Waals surface area contributed by atoms with E-state index in [0.717, 1.165) is 6.42 Å². The first kappa shape index (κ1) is 23.7. The molecule has 12 heteroatoms. The summed E-state index contributed by atoms with van der Waals surface area (Å²) in [5, 5.41) is 8.88. The number of imidazole rings is 1. The monoisotopic (exact) mass is 481 g/mol. The zero-order chi connectivity index (χ0) is 24.0. The number of aryl methyl sites for hydroxylation is 1. The summed E-state index contributed by atoms with van der Waals surface area (Å²) in [5.74, 6) is -1.65. The minimum absolute atomic E-state index is 0.325. The van der Waals surface area contributed by atoms with Gasteiger partial charge in [-0.15, -0.1) is 0 Å². The molecule has 3 saturated carbocycles. The summed E-state index contributed by atoms with van der Waals surface area (Å²) in [6.45, 7) is 4.69. The van der Waals surface area contributed by atoms with Gasteiger partial charge in [0.15, 0.2) is 11.4 Å². The Bertz CT molecular complexity index is 1280. The molecule has 2 aromatic heterocycles. The molecular formula is C21H31N5O6S. The Hall–Kier alpha value is -2.47. The molecule has 3 aliphatic carbocycles. The Labute approximate surface area is 191 Å². The summed E-state index contributed by atoms with van der Waals surface area (Å²) >= 11 is 0. The van der Waals surface area contributed by atoms with Crippen molar-refractivity contribution >= 4 is 27.2 Å². The molecule has 5 rings (SSSR count). The van der Waals surface area contributed by atoms with E-state index in [1.165, 1.54) is 4.57 Å². The van der Waals surface area contributed by atoms with E-state index in [2.05, 4.69) is 9.71 Å². The molecule has 0 radical (unpaired) electrons. The van der Waals surface area contributed by atoms with E-state index in [1.54, 1.807) is 4.57 Å². The molecule has 2 bridgehead atoms. The van der Waals surface area contributed by atoms with E-state index in [-0.39, 0.29) is 16.7 Å². The maximum absolute atomic E-state index is 13.0. The molecule has 0 unspecified atom stereocenters. The van der Waals surface area contributed by atoms with E-state index in [0.29, 0.717) is 75.0 Å². The van der Waals surface area contributed by atoms with Gasteiger partial charge in [0.25, 0.3) is 5.56 Å². The van der Waals surface area contributed by atoms with E-state index in [4.69, 9.17) is 10.1 Å². The number of fused-ring (bicyclic) bond motifs is 4. The summed E-state index contributed by atoms with van der Waals surface area (Å²) < 4.78 is 29.9. The largest absolute Gasteiger partial charge is 0.480 e. The van der Waals surface area contributed by atoms with E-state index in [9.17, 15) is 22.8 Å². The zero-order valence-corrected chi connectivity index (χ0v) is 19.8. The van der Waals surface area contributed by atoms with Crippen molar-refractivity contribution < 1.29 is 18.3 Å². The lowest BCUT2D eigenvalue weighted by molar-refractivity contribution is -0.134.